The Kier molecular flexibility index (Phi) is 4.53. The van der Waals surface area contributed by atoms with Crippen molar-refractivity contribution in [2.45, 2.75) is 12.2 Å². The maximum atomic E-state index is 13.3. The van der Waals surface area contributed by atoms with Crippen LogP contribution in [0.4, 0.5) is 13.2 Å². The summed E-state index contributed by atoms with van der Waals surface area (Å²) in [5.41, 5.74) is 0.238. The van der Waals surface area contributed by atoms with Crippen molar-refractivity contribution >= 4 is 27.7 Å². The lowest BCUT2D eigenvalue weighted by Gasteiger charge is -2.31. The SMILES string of the molecule is [C-]#[N+]C1CN(C(=O)c2ccc3c(c2)c2nn(C)cc2c(=O)n3-c2ccc(C(F)(F)F)cc2)C1. The average molecular weight is 451 g/mol. The third-order valence-corrected chi connectivity index (χ3v) is 5.79. The molecule has 1 aliphatic rings. The van der Waals surface area contributed by atoms with Crippen molar-refractivity contribution < 1.29 is 18.0 Å². The van der Waals surface area contributed by atoms with Crippen LogP contribution in [0.3, 0.4) is 0 Å². The highest BCUT2D eigenvalue weighted by atomic mass is 19.4. The monoisotopic (exact) mass is 451 g/mol. The predicted molar refractivity (Wildman–Crippen MR) is 115 cm³/mol. The largest absolute Gasteiger partial charge is 0.416 e. The van der Waals surface area contributed by atoms with E-state index in [1.54, 1.807) is 36.3 Å². The molecule has 3 heterocycles. The zero-order chi connectivity index (χ0) is 23.5. The topological polar surface area (TPSA) is 64.5 Å². The minimum atomic E-state index is -4.49. The molecule has 33 heavy (non-hydrogen) atoms. The van der Waals surface area contributed by atoms with E-state index in [4.69, 9.17) is 6.57 Å². The Balaban J connectivity index is 1.70. The Bertz CT molecular complexity index is 1520. The molecular weight excluding hydrogens is 435 g/mol. The van der Waals surface area contributed by atoms with Gasteiger partial charge in [0.2, 0.25) is 0 Å². The number of carbonyl (C=O) groups excluding carboxylic acids is 1. The number of halogens is 3. The highest BCUT2D eigenvalue weighted by Gasteiger charge is 2.35. The zero-order valence-electron chi connectivity index (χ0n) is 17.3. The lowest BCUT2D eigenvalue weighted by atomic mass is 10.0. The van der Waals surface area contributed by atoms with Gasteiger partial charge in [0.25, 0.3) is 17.5 Å². The zero-order valence-corrected chi connectivity index (χ0v) is 17.3. The van der Waals surface area contributed by atoms with Crippen LogP contribution in [0, 0.1) is 6.57 Å². The van der Waals surface area contributed by atoms with Gasteiger partial charge in [-0.15, -0.1) is 0 Å². The number of nitrogens with zero attached hydrogens (tertiary/aromatic N) is 5. The van der Waals surface area contributed by atoms with Gasteiger partial charge in [-0.3, -0.25) is 18.8 Å². The van der Waals surface area contributed by atoms with Gasteiger partial charge < -0.3 is 9.74 Å². The highest BCUT2D eigenvalue weighted by molar-refractivity contribution is 6.07. The number of benzene rings is 2. The van der Waals surface area contributed by atoms with E-state index < -0.39 is 17.3 Å². The molecule has 2 aromatic carbocycles. The summed E-state index contributed by atoms with van der Waals surface area (Å²) in [7, 11) is 1.66. The van der Waals surface area contributed by atoms with Crippen molar-refractivity contribution in [2.24, 2.45) is 7.05 Å². The first kappa shape index (κ1) is 20.8. The van der Waals surface area contributed by atoms with Gasteiger partial charge in [0.05, 0.1) is 29.6 Å². The molecule has 1 saturated heterocycles. The molecule has 0 spiro atoms. The van der Waals surface area contributed by atoms with Crippen LogP contribution in [-0.4, -0.2) is 44.3 Å². The van der Waals surface area contributed by atoms with E-state index in [1.165, 1.54) is 21.4 Å². The van der Waals surface area contributed by atoms with Crippen LogP contribution < -0.4 is 5.56 Å². The number of fused-ring (bicyclic) bond motifs is 3. The summed E-state index contributed by atoms with van der Waals surface area (Å²) in [5.74, 6) is -0.229. The number of likely N-dealkylation sites (tertiary alicyclic amines) is 1. The smallest absolute Gasteiger partial charge is 0.323 e. The van der Waals surface area contributed by atoms with Crippen LogP contribution in [0.5, 0.6) is 0 Å². The van der Waals surface area contributed by atoms with Crippen LogP contribution >= 0.6 is 0 Å². The van der Waals surface area contributed by atoms with E-state index >= 15 is 0 Å². The van der Waals surface area contributed by atoms with Gasteiger partial charge in [-0.1, -0.05) is 0 Å². The Hall–Kier alpha value is -4.13. The number of hydrogen-bond acceptors (Lipinski definition) is 3. The number of hydrogen-bond donors (Lipinski definition) is 0. The van der Waals surface area contributed by atoms with E-state index in [0.717, 1.165) is 12.1 Å². The summed E-state index contributed by atoms with van der Waals surface area (Å²) in [6.45, 7) is 7.78. The molecule has 0 bridgehead atoms. The van der Waals surface area contributed by atoms with Gasteiger partial charge in [-0.25, -0.2) is 6.57 Å². The first-order chi connectivity index (χ1) is 15.7. The molecule has 4 aromatic rings. The van der Waals surface area contributed by atoms with Crippen molar-refractivity contribution in [1.82, 2.24) is 19.2 Å². The fourth-order valence-corrected chi connectivity index (χ4v) is 4.07. The molecule has 0 N–H and O–H groups in total. The van der Waals surface area contributed by atoms with Crippen molar-refractivity contribution in [3.63, 3.8) is 0 Å². The summed E-state index contributed by atoms with van der Waals surface area (Å²) in [5, 5.41) is 5.19. The van der Waals surface area contributed by atoms with Crippen LogP contribution in [0.15, 0.2) is 53.5 Å². The van der Waals surface area contributed by atoms with E-state index in [2.05, 4.69) is 9.94 Å². The van der Waals surface area contributed by atoms with E-state index in [9.17, 15) is 22.8 Å². The Morgan fingerprint density at radius 3 is 2.45 bits per heavy atom. The van der Waals surface area contributed by atoms with E-state index in [0.29, 0.717) is 35.1 Å². The van der Waals surface area contributed by atoms with Gasteiger partial charge in [-0.05, 0) is 42.5 Å². The molecule has 5 rings (SSSR count). The van der Waals surface area contributed by atoms with Gasteiger partial charge in [0.15, 0.2) is 0 Å². The summed E-state index contributed by atoms with van der Waals surface area (Å²) in [6.07, 6.45) is -2.95. The first-order valence-electron chi connectivity index (χ1n) is 10.0. The number of pyridine rings is 1. The highest BCUT2D eigenvalue weighted by Crippen LogP contribution is 2.31. The molecule has 0 radical (unpaired) electrons. The van der Waals surface area contributed by atoms with E-state index in [1.807, 2.05) is 0 Å². The van der Waals surface area contributed by atoms with Crippen LogP contribution in [0.1, 0.15) is 15.9 Å². The minimum absolute atomic E-state index is 0.193. The van der Waals surface area contributed by atoms with Crippen molar-refractivity contribution in [2.75, 3.05) is 13.1 Å². The molecule has 0 aliphatic carbocycles. The lowest BCUT2D eigenvalue weighted by molar-refractivity contribution is -0.137. The summed E-state index contributed by atoms with van der Waals surface area (Å²) in [6, 6.07) is 8.96. The second-order valence-electron chi connectivity index (χ2n) is 7.98. The number of alkyl halides is 3. The molecule has 10 heteroatoms. The van der Waals surface area contributed by atoms with Crippen LogP contribution in [0.25, 0.3) is 32.3 Å². The van der Waals surface area contributed by atoms with Crippen LogP contribution in [-0.2, 0) is 13.2 Å². The first-order valence-corrected chi connectivity index (χ1v) is 10.0. The second kappa shape index (κ2) is 7.20. The molecule has 1 fully saturated rings. The third-order valence-electron chi connectivity index (χ3n) is 5.79. The second-order valence-corrected chi connectivity index (χ2v) is 7.98. The maximum absolute atomic E-state index is 13.3. The number of aryl methyl sites for hydroxylation is 1. The van der Waals surface area contributed by atoms with Gasteiger partial charge in [0.1, 0.15) is 5.52 Å². The summed E-state index contributed by atoms with van der Waals surface area (Å²) in [4.78, 5) is 31.1. The molecule has 2 aromatic heterocycles. The molecule has 1 aliphatic heterocycles. The van der Waals surface area contributed by atoms with Gasteiger partial charge >= 0.3 is 6.18 Å². The number of aromatic nitrogens is 3. The Morgan fingerprint density at radius 1 is 1.12 bits per heavy atom. The fourth-order valence-electron chi connectivity index (χ4n) is 4.07. The normalized spacial score (nSPS) is 14.5. The van der Waals surface area contributed by atoms with Gasteiger partial charge in [-0.2, -0.15) is 18.3 Å². The summed E-state index contributed by atoms with van der Waals surface area (Å²) >= 11 is 0. The molecule has 0 saturated carbocycles. The third kappa shape index (κ3) is 3.33. The molecule has 7 nitrogen and oxygen atoms in total. The standard InChI is InChI=1S/C23H16F3N5O2/c1-27-15-10-30(11-15)21(32)13-3-8-19-17(9-13)20-18(12-29(2)28-20)22(33)31(19)16-6-4-14(5-7-16)23(24,25)26/h3-9,12,15H,10-11H2,2H3. The molecule has 166 valence electrons. The molecular formula is C23H16F3N5O2. The Morgan fingerprint density at radius 2 is 1.82 bits per heavy atom. The van der Waals surface area contributed by atoms with Crippen molar-refractivity contribution in [1.29, 1.82) is 0 Å². The quantitative estimate of drug-likeness (QED) is 0.437. The van der Waals surface area contributed by atoms with Crippen LogP contribution in [0.2, 0.25) is 0 Å². The number of carbonyl (C=O) groups is 1. The molecule has 0 atom stereocenters. The molecule has 1 amide bonds. The van der Waals surface area contributed by atoms with Crippen molar-refractivity contribution in [3.8, 4) is 5.69 Å². The minimum Gasteiger partial charge on any atom is -0.323 e. The lowest BCUT2D eigenvalue weighted by Crippen LogP contribution is -2.52. The van der Waals surface area contributed by atoms with Crippen molar-refractivity contribution in [3.05, 3.63) is 81.6 Å². The van der Waals surface area contributed by atoms with Gasteiger partial charge in [0, 0.05) is 29.9 Å². The Labute approximate surface area is 185 Å². The number of amides is 1. The van der Waals surface area contributed by atoms with E-state index in [-0.39, 0.29) is 23.0 Å². The number of rotatable bonds is 2. The fraction of sp³-hybridized carbons (Fsp3) is 0.217. The maximum Gasteiger partial charge on any atom is 0.416 e. The predicted octanol–water partition coefficient (Wildman–Crippen LogP) is 3.64. The molecule has 0 unspecified atom stereocenters. The average Bonchev–Trinajstić information content (AvgIpc) is 3.15. The summed E-state index contributed by atoms with van der Waals surface area (Å²) < 4.78 is 41.8.